The van der Waals surface area contributed by atoms with Crippen LogP contribution in [0.1, 0.15) is 56.3 Å². The minimum Gasteiger partial charge on any atom is -0.490 e. The molecule has 2 unspecified atom stereocenters. The molecule has 0 spiro atoms. The highest BCUT2D eigenvalue weighted by Gasteiger charge is 2.26. The summed E-state index contributed by atoms with van der Waals surface area (Å²) in [6, 6.07) is 13.2. The topological polar surface area (TPSA) is 108 Å². The van der Waals surface area contributed by atoms with Crippen LogP contribution in [0.2, 0.25) is 0 Å². The Labute approximate surface area is 197 Å². The van der Waals surface area contributed by atoms with Gasteiger partial charge in [0.05, 0.1) is 11.7 Å². The molecule has 2 N–H and O–H groups in total. The summed E-state index contributed by atoms with van der Waals surface area (Å²) >= 11 is 1.48. The maximum absolute atomic E-state index is 11.3. The normalized spacial score (nSPS) is 16.2. The number of carbonyl (C=O) groups is 1. The molecule has 1 aliphatic carbocycles. The maximum atomic E-state index is 11.3. The zero-order chi connectivity index (χ0) is 23.5. The number of hydrogen-bond acceptors (Lipinski definition) is 7. The first kappa shape index (κ1) is 22.9. The molecule has 0 aliphatic heterocycles. The van der Waals surface area contributed by atoms with E-state index < -0.39 is 12.0 Å². The van der Waals surface area contributed by atoms with E-state index in [-0.39, 0.29) is 12.1 Å². The van der Waals surface area contributed by atoms with Gasteiger partial charge in [-0.05, 0) is 69.4 Å². The lowest BCUT2D eigenvalue weighted by Gasteiger charge is -2.29. The second-order valence-corrected chi connectivity index (χ2v) is 9.42. The number of nitriles is 1. The third-order valence-electron chi connectivity index (χ3n) is 5.69. The van der Waals surface area contributed by atoms with Crippen molar-refractivity contribution in [2.45, 2.75) is 58.2 Å². The van der Waals surface area contributed by atoms with Crippen molar-refractivity contribution < 1.29 is 14.6 Å². The van der Waals surface area contributed by atoms with E-state index in [4.69, 9.17) is 4.74 Å². The van der Waals surface area contributed by atoms with Crippen LogP contribution in [-0.2, 0) is 11.2 Å². The maximum Gasteiger partial charge on any atom is 0.320 e. The van der Waals surface area contributed by atoms with Gasteiger partial charge in [0.1, 0.15) is 27.9 Å². The summed E-state index contributed by atoms with van der Waals surface area (Å²) in [5.41, 5.74) is 4.65. The van der Waals surface area contributed by atoms with E-state index in [9.17, 15) is 15.2 Å². The van der Waals surface area contributed by atoms with Gasteiger partial charge in [0.25, 0.3) is 0 Å². The molecule has 8 heteroatoms. The highest BCUT2D eigenvalue weighted by molar-refractivity contribution is 7.17. The van der Waals surface area contributed by atoms with Crippen molar-refractivity contribution in [2.24, 2.45) is 0 Å². The van der Waals surface area contributed by atoms with Crippen molar-refractivity contribution in [2.75, 3.05) is 0 Å². The number of ether oxygens (including phenoxy) is 1. The highest BCUT2D eigenvalue weighted by atomic mass is 32.1. The summed E-state index contributed by atoms with van der Waals surface area (Å²) in [7, 11) is 0. The van der Waals surface area contributed by atoms with Gasteiger partial charge in [-0.25, -0.2) is 0 Å². The van der Waals surface area contributed by atoms with Gasteiger partial charge >= 0.3 is 5.97 Å². The molecule has 0 amide bonds. The first-order chi connectivity index (χ1) is 15.9. The summed E-state index contributed by atoms with van der Waals surface area (Å²) in [6.45, 7) is 5.52. The van der Waals surface area contributed by atoms with Gasteiger partial charge in [-0.1, -0.05) is 29.5 Å². The Bertz CT molecular complexity index is 1210. The number of aliphatic carboxylic acids is 1. The van der Waals surface area contributed by atoms with E-state index in [2.05, 4.69) is 27.6 Å². The predicted molar refractivity (Wildman–Crippen MR) is 127 cm³/mol. The van der Waals surface area contributed by atoms with E-state index >= 15 is 0 Å². The Morgan fingerprint density at radius 1 is 1.24 bits per heavy atom. The third-order valence-corrected chi connectivity index (χ3v) is 6.70. The third kappa shape index (κ3) is 4.90. The van der Waals surface area contributed by atoms with E-state index in [1.165, 1.54) is 16.9 Å². The van der Waals surface area contributed by atoms with Crippen LogP contribution in [-0.4, -0.2) is 33.4 Å². The van der Waals surface area contributed by atoms with E-state index in [1.54, 1.807) is 19.1 Å². The average Bonchev–Trinajstić information content (AvgIpc) is 3.29. The van der Waals surface area contributed by atoms with Crippen LogP contribution in [0, 0.1) is 11.3 Å². The molecule has 1 heterocycles. The molecular weight excluding hydrogens is 436 g/mol. The fourth-order valence-electron chi connectivity index (χ4n) is 4.15. The number of rotatable bonds is 7. The van der Waals surface area contributed by atoms with Crippen molar-refractivity contribution in [1.82, 2.24) is 15.5 Å². The highest BCUT2D eigenvalue weighted by Crippen LogP contribution is 2.39. The minimum absolute atomic E-state index is 0.00104. The van der Waals surface area contributed by atoms with Crippen LogP contribution in [0.5, 0.6) is 5.75 Å². The summed E-state index contributed by atoms with van der Waals surface area (Å²) < 4.78 is 5.72. The molecule has 0 radical (unpaired) electrons. The van der Waals surface area contributed by atoms with Crippen LogP contribution >= 0.6 is 11.3 Å². The number of benzene rings is 2. The van der Waals surface area contributed by atoms with Gasteiger partial charge in [0.2, 0.25) is 0 Å². The Balaban J connectivity index is 1.65. The molecule has 0 saturated carbocycles. The lowest BCUT2D eigenvalue weighted by molar-refractivity contribution is -0.139. The van der Waals surface area contributed by atoms with Crippen LogP contribution < -0.4 is 10.1 Å². The fourth-order valence-corrected chi connectivity index (χ4v) is 5.04. The summed E-state index contributed by atoms with van der Waals surface area (Å²) in [5.74, 6) is -0.291. The van der Waals surface area contributed by atoms with Crippen molar-refractivity contribution in [1.29, 1.82) is 5.26 Å². The molecule has 170 valence electrons. The smallest absolute Gasteiger partial charge is 0.320 e. The van der Waals surface area contributed by atoms with E-state index in [0.29, 0.717) is 11.3 Å². The monoisotopic (exact) mass is 462 g/mol. The van der Waals surface area contributed by atoms with E-state index in [0.717, 1.165) is 46.0 Å². The van der Waals surface area contributed by atoms with Crippen LogP contribution in [0.25, 0.3) is 21.1 Å². The molecule has 3 aromatic rings. The fraction of sp³-hybridized carbons (Fsp3) is 0.360. The Hall–Kier alpha value is -3.28. The number of nitrogens with zero attached hydrogens (tertiary/aromatic N) is 3. The Morgan fingerprint density at radius 2 is 2.03 bits per heavy atom. The Kier molecular flexibility index (Phi) is 6.72. The SMILES string of the molecule is CC(C)Oc1ccc(-c2nnc(-c3cccc4c3CCCC4NC(C)C(=O)O)s2)cc1C#N. The minimum atomic E-state index is -0.853. The second-order valence-electron chi connectivity index (χ2n) is 8.45. The standard InChI is InChI=1S/C25H26N4O3S/c1-14(2)32-22-11-10-16(12-17(22)13-26)23-28-29-24(33-23)20-8-4-7-19-18(20)6-5-9-21(19)27-15(3)25(30)31/h4,7-8,10-12,14-15,21,27H,5-6,9H2,1-3H3,(H,30,31). The first-order valence-corrected chi connectivity index (χ1v) is 11.8. The van der Waals surface area contributed by atoms with Crippen molar-refractivity contribution in [3.63, 3.8) is 0 Å². The second kappa shape index (κ2) is 9.69. The van der Waals surface area contributed by atoms with Crippen LogP contribution in [0.15, 0.2) is 36.4 Å². The number of carboxylic acids is 1. The number of aromatic nitrogens is 2. The summed E-state index contributed by atoms with van der Waals surface area (Å²) in [4.78, 5) is 11.3. The van der Waals surface area contributed by atoms with Gasteiger partial charge < -0.3 is 9.84 Å². The lowest BCUT2D eigenvalue weighted by atomic mass is 9.84. The molecule has 33 heavy (non-hydrogen) atoms. The molecule has 0 fully saturated rings. The number of carboxylic acid groups (broad SMARTS) is 1. The Morgan fingerprint density at radius 3 is 2.76 bits per heavy atom. The number of hydrogen-bond donors (Lipinski definition) is 2. The predicted octanol–water partition coefficient (Wildman–Crippen LogP) is 4.97. The van der Waals surface area contributed by atoms with Crippen molar-refractivity contribution >= 4 is 17.3 Å². The molecule has 2 aromatic carbocycles. The molecule has 4 rings (SSSR count). The molecule has 0 bridgehead atoms. The largest absolute Gasteiger partial charge is 0.490 e. The van der Waals surface area contributed by atoms with Gasteiger partial charge in [-0.3, -0.25) is 10.1 Å². The quantitative estimate of drug-likeness (QED) is 0.510. The average molecular weight is 463 g/mol. The van der Waals surface area contributed by atoms with Crippen molar-refractivity contribution in [3.8, 4) is 33.0 Å². The molecular formula is C25H26N4O3S. The van der Waals surface area contributed by atoms with Gasteiger partial charge in [0.15, 0.2) is 0 Å². The summed E-state index contributed by atoms with van der Waals surface area (Å²) in [6.07, 6.45) is 2.77. The van der Waals surface area contributed by atoms with Crippen molar-refractivity contribution in [3.05, 3.63) is 53.1 Å². The number of nitrogens with one attached hydrogen (secondary N) is 1. The molecule has 2 atom stereocenters. The molecule has 1 aromatic heterocycles. The molecule has 0 saturated heterocycles. The first-order valence-electron chi connectivity index (χ1n) is 11.0. The van der Waals surface area contributed by atoms with Gasteiger partial charge in [-0.2, -0.15) is 5.26 Å². The van der Waals surface area contributed by atoms with Crippen LogP contribution in [0.4, 0.5) is 0 Å². The zero-order valence-corrected chi connectivity index (χ0v) is 19.6. The van der Waals surface area contributed by atoms with Gasteiger partial charge in [0, 0.05) is 17.2 Å². The summed E-state index contributed by atoms with van der Waals surface area (Å²) in [5, 5.41) is 32.5. The van der Waals surface area contributed by atoms with Gasteiger partial charge in [-0.15, -0.1) is 10.2 Å². The molecule has 1 aliphatic rings. The zero-order valence-electron chi connectivity index (χ0n) is 18.8. The van der Waals surface area contributed by atoms with Crippen LogP contribution in [0.3, 0.4) is 0 Å². The van der Waals surface area contributed by atoms with E-state index in [1.807, 2.05) is 32.0 Å². The molecule has 7 nitrogen and oxygen atoms in total. The number of fused-ring (bicyclic) bond motifs is 1. The lowest BCUT2D eigenvalue weighted by Crippen LogP contribution is -2.38.